The maximum atomic E-state index is 13.6. The molecule has 0 aliphatic carbocycles. The molecule has 1 aliphatic rings. The van der Waals surface area contributed by atoms with Crippen LogP contribution in [0.5, 0.6) is 5.75 Å². The fraction of sp³-hybridized carbons (Fsp3) is 0.185. The molecule has 3 aromatic carbocycles. The smallest absolute Gasteiger partial charge is 0.282 e. The van der Waals surface area contributed by atoms with Crippen LogP contribution in [0.1, 0.15) is 31.9 Å². The summed E-state index contributed by atoms with van der Waals surface area (Å²) in [5.41, 5.74) is 3.33. The molecule has 0 unspecified atom stereocenters. The quantitative estimate of drug-likeness (QED) is 0.471. The average molecular weight is 461 g/mol. The van der Waals surface area contributed by atoms with E-state index in [1.54, 1.807) is 36.4 Å². The second-order valence-electron chi connectivity index (χ2n) is 8.82. The Morgan fingerprint density at radius 2 is 1.48 bits per heavy atom. The first kappa shape index (κ1) is 22.6. The van der Waals surface area contributed by atoms with Gasteiger partial charge in [-0.25, -0.2) is 4.90 Å². The molecule has 168 valence electrons. The average Bonchev–Trinajstić information content (AvgIpc) is 3.03. The van der Waals surface area contributed by atoms with Gasteiger partial charge in [0.2, 0.25) is 0 Å². The van der Waals surface area contributed by atoms with E-state index in [1.807, 2.05) is 36.4 Å². The van der Waals surface area contributed by atoms with Crippen molar-refractivity contribution in [3.05, 3.63) is 94.6 Å². The van der Waals surface area contributed by atoms with Gasteiger partial charge in [-0.2, -0.15) is 0 Å². The Bertz CT molecular complexity index is 1240. The molecule has 0 aromatic heterocycles. The van der Waals surface area contributed by atoms with Crippen LogP contribution in [-0.4, -0.2) is 18.9 Å². The number of methoxy groups -OCH3 is 1. The zero-order chi connectivity index (χ0) is 23.8. The molecule has 6 heteroatoms. The van der Waals surface area contributed by atoms with Crippen LogP contribution in [0.4, 0.5) is 11.4 Å². The number of para-hydroxylation sites is 1. The summed E-state index contributed by atoms with van der Waals surface area (Å²) in [6.45, 7) is 6.42. The van der Waals surface area contributed by atoms with Gasteiger partial charge in [-0.05, 0) is 53.4 Å². The number of nitrogens with zero attached hydrogens (tertiary/aromatic N) is 1. The van der Waals surface area contributed by atoms with Crippen LogP contribution in [0.3, 0.4) is 0 Å². The normalized spacial score (nSPS) is 14.2. The summed E-state index contributed by atoms with van der Waals surface area (Å²) in [4.78, 5) is 28.3. The fourth-order valence-electron chi connectivity index (χ4n) is 3.77. The molecule has 1 aliphatic heterocycles. The number of imide groups is 1. The van der Waals surface area contributed by atoms with Gasteiger partial charge < -0.3 is 10.1 Å². The lowest BCUT2D eigenvalue weighted by molar-refractivity contribution is -0.120. The zero-order valence-corrected chi connectivity index (χ0v) is 19.7. The van der Waals surface area contributed by atoms with Crippen molar-refractivity contribution in [3.63, 3.8) is 0 Å². The summed E-state index contributed by atoms with van der Waals surface area (Å²) in [6, 6.07) is 21.6. The third-order valence-corrected chi connectivity index (χ3v) is 5.82. The van der Waals surface area contributed by atoms with Gasteiger partial charge in [0.05, 0.1) is 18.4 Å². The molecule has 1 heterocycles. The second kappa shape index (κ2) is 8.75. The predicted molar refractivity (Wildman–Crippen MR) is 133 cm³/mol. The van der Waals surface area contributed by atoms with Crippen LogP contribution < -0.4 is 15.0 Å². The summed E-state index contributed by atoms with van der Waals surface area (Å²) in [7, 11) is 1.54. The number of anilines is 2. The summed E-state index contributed by atoms with van der Waals surface area (Å²) in [5.74, 6) is -0.363. The Morgan fingerprint density at radius 1 is 0.848 bits per heavy atom. The number of hydrogen-bond acceptors (Lipinski definition) is 4. The van der Waals surface area contributed by atoms with E-state index in [9.17, 15) is 9.59 Å². The molecule has 3 aromatic rings. The Balaban J connectivity index is 1.81. The second-order valence-corrected chi connectivity index (χ2v) is 9.26. The molecular weight excluding hydrogens is 436 g/mol. The topological polar surface area (TPSA) is 58.6 Å². The number of amides is 2. The number of halogens is 1. The van der Waals surface area contributed by atoms with E-state index >= 15 is 0 Å². The van der Waals surface area contributed by atoms with E-state index in [1.165, 1.54) is 12.7 Å². The summed E-state index contributed by atoms with van der Waals surface area (Å²) in [5, 5.41) is 3.72. The maximum absolute atomic E-state index is 13.6. The van der Waals surface area contributed by atoms with Crippen LogP contribution >= 0.6 is 11.6 Å². The maximum Gasteiger partial charge on any atom is 0.282 e. The highest BCUT2D eigenvalue weighted by Crippen LogP contribution is 2.37. The van der Waals surface area contributed by atoms with E-state index in [0.717, 1.165) is 4.90 Å². The first-order chi connectivity index (χ1) is 15.7. The van der Waals surface area contributed by atoms with Gasteiger partial charge in [0.25, 0.3) is 11.8 Å². The van der Waals surface area contributed by atoms with Crippen LogP contribution in [0, 0.1) is 0 Å². The van der Waals surface area contributed by atoms with Gasteiger partial charge in [0, 0.05) is 16.3 Å². The van der Waals surface area contributed by atoms with Crippen molar-refractivity contribution in [1.82, 2.24) is 0 Å². The molecule has 0 saturated carbocycles. The van der Waals surface area contributed by atoms with Gasteiger partial charge in [-0.1, -0.05) is 62.7 Å². The lowest BCUT2D eigenvalue weighted by Crippen LogP contribution is -2.32. The third kappa shape index (κ3) is 4.37. The lowest BCUT2D eigenvalue weighted by Gasteiger charge is -2.19. The number of carbonyl (C=O) groups is 2. The monoisotopic (exact) mass is 460 g/mol. The van der Waals surface area contributed by atoms with E-state index in [0.29, 0.717) is 27.7 Å². The summed E-state index contributed by atoms with van der Waals surface area (Å²) >= 11 is 6.01. The van der Waals surface area contributed by atoms with Crippen molar-refractivity contribution >= 4 is 40.4 Å². The molecule has 0 bridgehead atoms. The van der Waals surface area contributed by atoms with Crippen molar-refractivity contribution < 1.29 is 14.3 Å². The minimum atomic E-state index is -0.442. The molecular formula is C27H25ClN2O3. The number of nitrogens with one attached hydrogen (secondary N) is 1. The zero-order valence-electron chi connectivity index (χ0n) is 19.0. The number of rotatable bonds is 5. The van der Waals surface area contributed by atoms with Gasteiger partial charge in [0.1, 0.15) is 11.4 Å². The third-order valence-electron chi connectivity index (χ3n) is 5.57. The van der Waals surface area contributed by atoms with Crippen LogP contribution in [0.25, 0.3) is 5.57 Å². The molecule has 0 atom stereocenters. The minimum absolute atomic E-state index is 0.00485. The lowest BCUT2D eigenvalue weighted by atomic mass is 9.87. The fourth-order valence-corrected chi connectivity index (χ4v) is 3.90. The molecule has 2 amide bonds. The number of hydrogen-bond donors (Lipinski definition) is 1. The number of benzene rings is 3. The SMILES string of the molecule is COc1ccccc1C1=C(Nc2ccc(C(C)(C)C)cc2)C(=O)N(c2ccc(Cl)cc2)C1=O. The van der Waals surface area contributed by atoms with Crippen LogP contribution in [-0.2, 0) is 15.0 Å². The molecule has 0 spiro atoms. The molecule has 0 fully saturated rings. The van der Waals surface area contributed by atoms with Gasteiger partial charge in [0.15, 0.2) is 0 Å². The number of ether oxygens (including phenoxy) is 1. The Kier molecular flexibility index (Phi) is 6.00. The van der Waals surface area contributed by atoms with E-state index in [4.69, 9.17) is 16.3 Å². The van der Waals surface area contributed by atoms with Crippen molar-refractivity contribution in [1.29, 1.82) is 0 Å². The highest BCUT2D eigenvalue weighted by atomic mass is 35.5. The minimum Gasteiger partial charge on any atom is -0.496 e. The standard InChI is InChI=1S/C27H25ClN2O3/c1-27(2,3)17-9-13-19(14-10-17)29-24-23(21-7-5-6-8-22(21)33-4)25(31)30(26(24)32)20-15-11-18(28)12-16-20/h5-16,29H,1-4H3. The molecule has 0 saturated heterocycles. The Labute approximate surface area is 198 Å². The van der Waals surface area contributed by atoms with E-state index in [-0.39, 0.29) is 16.7 Å². The highest BCUT2D eigenvalue weighted by Gasteiger charge is 2.41. The highest BCUT2D eigenvalue weighted by molar-refractivity contribution is 6.46. The molecule has 33 heavy (non-hydrogen) atoms. The van der Waals surface area contributed by atoms with Crippen molar-refractivity contribution in [3.8, 4) is 5.75 Å². The van der Waals surface area contributed by atoms with Gasteiger partial charge in [-0.15, -0.1) is 0 Å². The van der Waals surface area contributed by atoms with Crippen molar-refractivity contribution in [2.75, 3.05) is 17.3 Å². The van der Waals surface area contributed by atoms with Crippen molar-refractivity contribution in [2.24, 2.45) is 0 Å². The first-order valence-electron chi connectivity index (χ1n) is 10.6. The first-order valence-corrected chi connectivity index (χ1v) is 11.0. The largest absolute Gasteiger partial charge is 0.496 e. The summed E-state index contributed by atoms with van der Waals surface area (Å²) < 4.78 is 5.49. The Hall–Kier alpha value is -3.57. The van der Waals surface area contributed by atoms with Crippen LogP contribution in [0.15, 0.2) is 78.5 Å². The Morgan fingerprint density at radius 3 is 2.09 bits per heavy atom. The molecule has 0 radical (unpaired) electrons. The molecule has 4 rings (SSSR count). The number of carbonyl (C=O) groups excluding carboxylic acids is 2. The van der Waals surface area contributed by atoms with Gasteiger partial charge in [-0.3, -0.25) is 9.59 Å². The van der Waals surface area contributed by atoms with Crippen molar-refractivity contribution in [2.45, 2.75) is 26.2 Å². The van der Waals surface area contributed by atoms with E-state index in [2.05, 4.69) is 26.1 Å². The van der Waals surface area contributed by atoms with Gasteiger partial charge >= 0.3 is 0 Å². The molecule has 1 N–H and O–H groups in total. The molecule has 5 nitrogen and oxygen atoms in total. The van der Waals surface area contributed by atoms with E-state index < -0.39 is 11.8 Å². The summed E-state index contributed by atoms with van der Waals surface area (Å²) in [6.07, 6.45) is 0. The van der Waals surface area contributed by atoms with Crippen LogP contribution in [0.2, 0.25) is 5.02 Å². The predicted octanol–water partition coefficient (Wildman–Crippen LogP) is 6.04.